The number of halogens is 1. The van der Waals surface area contributed by atoms with Gasteiger partial charge >= 0.3 is 0 Å². The van der Waals surface area contributed by atoms with Crippen LogP contribution < -0.4 is 5.32 Å². The van der Waals surface area contributed by atoms with Crippen LogP contribution in [0.5, 0.6) is 0 Å². The van der Waals surface area contributed by atoms with Crippen molar-refractivity contribution in [2.45, 2.75) is 25.4 Å². The molecule has 1 unspecified atom stereocenters. The number of pyridine rings is 2. The van der Waals surface area contributed by atoms with Gasteiger partial charge in [-0.25, -0.2) is 4.39 Å². The molecule has 1 aliphatic heterocycles. The van der Waals surface area contributed by atoms with Crippen LogP contribution in [0.4, 0.5) is 4.39 Å². The molecule has 1 saturated heterocycles. The van der Waals surface area contributed by atoms with E-state index in [4.69, 9.17) is 0 Å². The van der Waals surface area contributed by atoms with E-state index in [-0.39, 0.29) is 23.7 Å². The summed E-state index contributed by atoms with van der Waals surface area (Å²) in [7, 11) is 0. The minimum absolute atomic E-state index is 0.159. The molecule has 0 spiro atoms. The fraction of sp³-hybridized carbons (Fsp3) is 0.292. The van der Waals surface area contributed by atoms with Gasteiger partial charge in [0.1, 0.15) is 11.5 Å². The average Bonchev–Trinajstić information content (AvgIpc) is 2.81. The zero-order chi connectivity index (χ0) is 20.8. The van der Waals surface area contributed by atoms with Crippen LogP contribution in [0.2, 0.25) is 0 Å². The zero-order valence-electron chi connectivity index (χ0n) is 16.7. The molecule has 0 bridgehead atoms. The molecule has 0 radical (unpaired) electrons. The van der Waals surface area contributed by atoms with E-state index < -0.39 is 0 Å². The summed E-state index contributed by atoms with van der Waals surface area (Å²) in [5.74, 6) is -0.0990. The highest BCUT2D eigenvalue weighted by molar-refractivity contribution is 5.92. The highest BCUT2D eigenvalue weighted by Crippen LogP contribution is 2.31. The van der Waals surface area contributed by atoms with Gasteiger partial charge in [-0.05, 0) is 62.2 Å². The molecule has 0 aliphatic carbocycles. The van der Waals surface area contributed by atoms with Crippen molar-refractivity contribution in [3.8, 4) is 0 Å². The first-order valence-corrected chi connectivity index (χ1v) is 10.3. The third-order valence-corrected chi connectivity index (χ3v) is 5.65. The Morgan fingerprint density at radius 3 is 2.37 bits per heavy atom. The van der Waals surface area contributed by atoms with Crippen LogP contribution in [-0.2, 0) is 6.54 Å². The van der Waals surface area contributed by atoms with Crippen molar-refractivity contribution in [2.24, 2.45) is 5.92 Å². The number of rotatable bonds is 6. The van der Waals surface area contributed by atoms with Crippen LogP contribution in [-0.4, -0.2) is 33.9 Å². The van der Waals surface area contributed by atoms with Crippen LogP contribution in [0.15, 0.2) is 73.1 Å². The lowest BCUT2D eigenvalue weighted by atomic mass is 9.87. The Bertz CT molecular complexity index is 959. The van der Waals surface area contributed by atoms with Gasteiger partial charge in [0.25, 0.3) is 5.91 Å². The highest BCUT2D eigenvalue weighted by atomic mass is 19.1. The van der Waals surface area contributed by atoms with Gasteiger partial charge < -0.3 is 5.32 Å². The molecule has 4 rings (SSSR count). The lowest BCUT2D eigenvalue weighted by molar-refractivity contribution is 0.0883. The molecule has 1 aliphatic rings. The van der Waals surface area contributed by atoms with Crippen molar-refractivity contribution in [3.05, 3.63) is 95.8 Å². The van der Waals surface area contributed by atoms with E-state index >= 15 is 0 Å². The summed E-state index contributed by atoms with van der Waals surface area (Å²) in [6, 6.07) is 17.8. The number of hydrogen-bond acceptors (Lipinski definition) is 4. The number of amides is 1. The van der Waals surface area contributed by atoms with E-state index in [1.54, 1.807) is 36.7 Å². The summed E-state index contributed by atoms with van der Waals surface area (Å²) < 4.78 is 14.0. The maximum absolute atomic E-state index is 14.0. The second kappa shape index (κ2) is 9.59. The molecule has 154 valence electrons. The third-order valence-electron chi connectivity index (χ3n) is 5.65. The predicted octanol–water partition coefficient (Wildman–Crippen LogP) is 4.00. The van der Waals surface area contributed by atoms with Gasteiger partial charge in [0.2, 0.25) is 0 Å². The Morgan fingerprint density at radius 2 is 1.70 bits per heavy atom. The van der Waals surface area contributed by atoms with Crippen LogP contribution in [0.3, 0.4) is 0 Å². The number of piperidine rings is 1. The summed E-state index contributed by atoms with van der Waals surface area (Å²) in [5.41, 5.74) is 1.98. The van der Waals surface area contributed by atoms with E-state index in [1.807, 2.05) is 30.3 Å². The van der Waals surface area contributed by atoms with Crippen molar-refractivity contribution in [3.63, 3.8) is 0 Å². The first-order valence-electron chi connectivity index (χ1n) is 10.3. The summed E-state index contributed by atoms with van der Waals surface area (Å²) in [4.78, 5) is 23.7. The Kier molecular flexibility index (Phi) is 6.44. The maximum Gasteiger partial charge on any atom is 0.270 e. The lowest BCUT2D eigenvalue weighted by Gasteiger charge is -2.36. The van der Waals surface area contributed by atoms with E-state index in [1.165, 1.54) is 6.07 Å². The molecule has 1 aromatic carbocycles. The number of nitrogens with one attached hydrogen (secondary N) is 1. The fourth-order valence-corrected chi connectivity index (χ4v) is 4.02. The number of hydrogen-bond donors (Lipinski definition) is 1. The number of nitrogens with zero attached hydrogens (tertiary/aromatic N) is 3. The molecule has 30 heavy (non-hydrogen) atoms. The quantitative estimate of drug-likeness (QED) is 0.675. The summed E-state index contributed by atoms with van der Waals surface area (Å²) in [6.45, 7) is 2.30. The highest BCUT2D eigenvalue weighted by Gasteiger charge is 2.30. The zero-order valence-corrected chi connectivity index (χ0v) is 16.7. The smallest absolute Gasteiger partial charge is 0.270 e. The number of benzene rings is 1. The van der Waals surface area contributed by atoms with Gasteiger partial charge in [-0.3, -0.25) is 19.7 Å². The molecule has 1 amide bonds. The summed E-state index contributed by atoms with van der Waals surface area (Å²) in [6.07, 6.45) is 5.17. The molecule has 3 heterocycles. The van der Waals surface area contributed by atoms with Crippen molar-refractivity contribution >= 4 is 5.91 Å². The molecule has 1 atom stereocenters. The molecule has 5 nitrogen and oxygen atoms in total. The number of aromatic nitrogens is 2. The van der Waals surface area contributed by atoms with Gasteiger partial charge in [-0.2, -0.15) is 0 Å². The van der Waals surface area contributed by atoms with Gasteiger partial charge in [-0.1, -0.05) is 30.3 Å². The minimum atomic E-state index is -0.194. The monoisotopic (exact) mass is 404 g/mol. The van der Waals surface area contributed by atoms with Gasteiger partial charge in [0, 0.05) is 24.5 Å². The van der Waals surface area contributed by atoms with E-state index in [2.05, 4.69) is 20.2 Å². The maximum atomic E-state index is 14.0. The topological polar surface area (TPSA) is 58.1 Å². The number of likely N-dealkylation sites (tertiary alicyclic amines) is 1. The normalized spacial score (nSPS) is 16.2. The van der Waals surface area contributed by atoms with Crippen molar-refractivity contribution in [1.29, 1.82) is 0 Å². The number of carbonyl (C=O) groups excluding carboxylic acids is 1. The van der Waals surface area contributed by atoms with Crippen LogP contribution in [0, 0.1) is 11.7 Å². The van der Waals surface area contributed by atoms with Gasteiger partial charge in [0.05, 0.1) is 11.7 Å². The third kappa shape index (κ3) is 4.89. The predicted molar refractivity (Wildman–Crippen MR) is 113 cm³/mol. The van der Waals surface area contributed by atoms with Crippen LogP contribution >= 0.6 is 0 Å². The van der Waals surface area contributed by atoms with Crippen molar-refractivity contribution in [2.75, 3.05) is 13.1 Å². The van der Waals surface area contributed by atoms with Crippen LogP contribution in [0.25, 0.3) is 0 Å². The standard InChI is InChI=1S/C24H25FN4O/c25-20-8-2-1-7-19(20)17-29-15-11-18(12-16-29)23(21-9-3-5-13-26-21)28-24(30)22-10-4-6-14-27-22/h1-10,13-14,18,23H,11-12,15-17H2,(H,28,30). The van der Waals surface area contributed by atoms with Gasteiger partial charge in [-0.15, -0.1) is 0 Å². The minimum Gasteiger partial charge on any atom is -0.342 e. The van der Waals surface area contributed by atoms with Crippen molar-refractivity contribution < 1.29 is 9.18 Å². The molecule has 2 aromatic heterocycles. The first kappa shape index (κ1) is 20.2. The van der Waals surface area contributed by atoms with Gasteiger partial charge in [0.15, 0.2) is 0 Å². The molecule has 1 fully saturated rings. The summed E-state index contributed by atoms with van der Waals surface area (Å²) >= 11 is 0. The first-order chi connectivity index (χ1) is 14.7. The second-order valence-electron chi connectivity index (χ2n) is 7.63. The SMILES string of the molecule is O=C(NC(c1ccccn1)C1CCN(Cc2ccccc2F)CC1)c1ccccn1. The van der Waals surface area contributed by atoms with E-state index in [9.17, 15) is 9.18 Å². The molecule has 1 N–H and O–H groups in total. The Balaban J connectivity index is 1.44. The molecule has 3 aromatic rings. The lowest BCUT2D eigenvalue weighted by Crippen LogP contribution is -2.41. The molecular weight excluding hydrogens is 379 g/mol. The largest absolute Gasteiger partial charge is 0.342 e. The average molecular weight is 404 g/mol. The molecule has 6 heteroatoms. The van der Waals surface area contributed by atoms with E-state index in [0.29, 0.717) is 12.2 Å². The second-order valence-corrected chi connectivity index (χ2v) is 7.63. The molecular formula is C24H25FN4O. The Hall–Kier alpha value is -3.12. The van der Waals surface area contributed by atoms with Crippen LogP contribution in [0.1, 0.15) is 40.6 Å². The fourth-order valence-electron chi connectivity index (χ4n) is 4.02. The summed E-state index contributed by atoms with van der Waals surface area (Å²) in [5, 5.41) is 3.15. The van der Waals surface area contributed by atoms with Crippen molar-refractivity contribution in [1.82, 2.24) is 20.2 Å². The Morgan fingerprint density at radius 1 is 1.00 bits per heavy atom. The number of carbonyl (C=O) groups is 1. The van der Waals surface area contributed by atoms with E-state index in [0.717, 1.165) is 37.2 Å². The molecule has 0 saturated carbocycles. The Labute approximate surface area is 176 Å².